The van der Waals surface area contributed by atoms with E-state index in [1.165, 1.54) is 23.5 Å². The molecule has 2 rings (SSSR count). The number of benzene rings is 1. The lowest BCUT2D eigenvalue weighted by Crippen LogP contribution is -1.89. The standard InChI is InChI=1S/C9H6Br2N4O2/c10-6-1-5(8(16)7(11)9(6)17)2-14-15-3-12-13-4-15/h1-4,16-17H/b14-2+. The number of hydrogen-bond acceptors (Lipinski definition) is 5. The van der Waals surface area contributed by atoms with Gasteiger partial charge in [-0.25, -0.2) is 4.68 Å². The minimum Gasteiger partial charge on any atom is -0.506 e. The fourth-order valence-corrected chi connectivity index (χ4v) is 2.25. The van der Waals surface area contributed by atoms with Crippen LogP contribution in [0, 0.1) is 0 Å². The van der Waals surface area contributed by atoms with Crippen molar-refractivity contribution in [2.45, 2.75) is 0 Å². The highest BCUT2D eigenvalue weighted by Gasteiger charge is 2.12. The van der Waals surface area contributed by atoms with Crippen molar-refractivity contribution in [2.75, 3.05) is 0 Å². The second kappa shape index (κ2) is 4.84. The third kappa shape index (κ3) is 2.47. The van der Waals surface area contributed by atoms with E-state index in [0.29, 0.717) is 10.0 Å². The van der Waals surface area contributed by atoms with Crippen LogP contribution in [0.15, 0.2) is 32.8 Å². The molecular formula is C9H6Br2N4O2. The van der Waals surface area contributed by atoms with E-state index in [9.17, 15) is 10.2 Å². The summed E-state index contributed by atoms with van der Waals surface area (Å²) in [7, 11) is 0. The Balaban J connectivity index is 2.40. The Kier molecular flexibility index (Phi) is 3.43. The van der Waals surface area contributed by atoms with Crippen molar-refractivity contribution >= 4 is 38.1 Å². The van der Waals surface area contributed by atoms with Gasteiger partial charge in [0, 0.05) is 5.56 Å². The van der Waals surface area contributed by atoms with Gasteiger partial charge in [-0.05, 0) is 37.9 Å². The van der Waals surface area contributed by atoms with E-state index in [-0.39, 0.29) is 16.0 Å². The molecule has 1 aromatic carbocycles. The minimum atomic E-state index is -0.0949. The number of aromatic nitrogens is 3. The normalized spacial score (nSPS) is 11.2. The Morgan fingerprint density at radius 2 is 1.82 bits per heavy atom. The van der Waals surface area contributed by atoms with E-state index in [2.05, 4.69) is 47.2 Å². The molecule has 0 spiro atoms. The number of aromatic hydroxyl groups is 2. The number of phenols is 2. The lowest BCUT2D eigenvalue weighted by Gasteiger charge is -2.05. The van der Waals surface area contributed by atoms with Gasteiger partial charge in [-0.1, -0.05) is 0 Å². The van der Waals surface area contributed by atoms with Gasteiger partial charge in [0.15, 0.2) is 0 Å². The van der Waals surface area contributed by atoms with Crippen LogP contribution in [0.5, 0.6) is 11.5 Å². The van der Waals surface area contributed by atoms with Gasteiger partial charge in [0.1, 0.15) is 28.6 Å². The summed E-state index contributed by atoms with van der Waals surface area (Å²) in [6, 6.07) is 1.54. The summed E-state index contributed by atoms with van der Waals surface area (Å²) in [5.74, 6) is -0.161. The molecule has 0 atom stereocenters. The minimum absolute atomic E-state index is 0.0658. The fraction of sp³-hybridized carbons (Fsp3) is 0. The van der Waals surface area contributed by atoms with Gasteiger partial charge < -0.3 is 10.2 Å². The fourth-order valence-electron chi connectivity index (χ4n) is 1.10. The van der Waals surface area contributed by atoms with Gasteiger partial charge in [0.2, 0.25) is 0 Å². The number of rotatable bonds is 2. The summed E-state index contributed by atoms with van der Waals surface area (Å²) in [5.41, 5.74) is 0.440. The Morgan fingerprint density at radius 3 is 2.47 bits per heavy atom. The van der Waals surface area contributed by atoms with Crippen LogP contribution in [-0.2, 0) is 0 Å². The van der Waals surface area contributed by atoms with Crippen LogP contribution in [0.4, 0.5) is 0 Å². The van der Waals surface area contributed by atoms with Gasteiger partial charge in [-0.2, -0.15) is 5.10 Å². The number of halogens is 2. The molecule has 6 nitrogen and oxygen atoms in total. The van der Waals surface area contributed by atoms with Crippen LogP contribution in [0.3, 0.4) is 0 Å². The molecule has 88 valence electrons. The van der Waals surface area contributed by atoms with E-state index in [4.69, 9.17) is 0 Å². The zero-order valence-electron chi connectivity index (χ0n) is 8.25. The van der Waals surface area contributed by atoms with Crippen molar-refractivity contribution in [2.24, 2.45) is 5.10 Å². The summed E-state index contributed by atoms with van der Waals surface area (Å²) in [6.07, 6.45) is 4.25. The van der Waals surface area contributed by atoms with Crippen molar-refractivity contribution in [3.8, 4) is 11.5 Å². The average Bonchev–Trinajstić information content (AvgIpc) is 2.82. The largest absolute Gasteiger partial charge is 0.506 e. The Labute approximate surface area is 113 Å². The second-order valence-corrected chi connectivity index (χ2v) is 4.69. The third-order valence-electron chi connectivity index (χ3n) is 1.93. The van der Waals surface area contributed by atoms with Crippen LogP contribution >= 0.6 is 31.9 Å². The molecule has 0 fully saturated rings. The monoisotopic (exact) mass is 360 g/mol. The van der Waals surface area contributed by atoms with Gasteiger partial charge in [0.05, 0.1) is 10.7 Å². The van der Waals surface area contributed by atoms with Crippen molar-refractivity contribution in [1.82, 2.24) is 14.9 Å². The van der Waals surface area contributed by atoms with E-state index >= 15 is 0 Å². The highest BCUT2D eigenvalue weighted by atomic mass is 79.9. The van der Waals surface area contributed by atoms with E-state index in [0.717, 1.165) is 0 Å². The van der Waals surface area contributed by atoms with Crippen LogP contribution in [0.25, 0.3) is 0 Å². The molecule has 1 heterocycles. The zero-order chi connectivity index (χ0) is 12.4. The van der Waals surface area contributed by atoms with Crippen molar-refractivity contribution in [3.05, 3.63) is 33.2 Å². The summed E-state index contributed by atoms with van der Waals surface area (Å²) in [5, 5.41) is 30.5. The van der Waals surface area contributed by atoms with Crippen molar-refractivity contribution in [3.63, 3.8) is 0 Å². The number of phenolic OH excluding ortho intramolecular Hbond substituents is 2. The van der Waals surface area contributed by atoms with Gasteiger partial charge >= 0.3 is 0 Å². The lowest BCUT2D eigenvalue weighted by molar-refractivity contribution is 0.441. The summed E-state index contributed by atoms with van der Waals surface area (Å²) in [6.45, 7) is 0. The van der Waals surface area contributed by atoms with Crippen LogP contribution in [-0.4, -0.2) is 31.3 Å². The van der Waals surface area contributed by atoms with E-state index < -0.39 is 0 Å². The van der Waals surface area contributed by atoms with E-state index in [1.54, 1.807) is 6.07 Å². The molecule has 1 aromatic heterocycles. The summed E-state index contributed by atoms with van der Waals surface area (Å²) < 4.78 is 2.04. The molecule has 0 saturated carbocycles. The second-order valence-electron chi connectivity index (χ2n) is 3.05. The highest BCUT2D eigenvalue weighted by Crippen LogP contribution is 2.40. The first kappa shape index (κ1) is 12.1. The predicted octanol–water partition coefficient (Wildman–Crippen LogP) is 2.10. The maximum absolute atomic E-state index is 9.77. The van der Waals surface area contributed by atoms with Crippen LogP contribution < -0.4 is 0 Å². The Bertz CT molecular complexity index is 569. The Morgan fingerprint density at radius 1 is 1.18 bits per heavy atom. The van der Waals surface area contributed by atoms with Gasteiger partial charge in [-0.3, -0.25) is 0 Å². The molecule has 0 aliphatic carbocycles. The first-order valence-corrected chi connectivity index (χ1v) is 5.97. The molecule has 17 heavy (non-hydrogen) atoms. The number of nitrogens with zero attached hydrogens (tertiary/aromatic N) is 4. The number of hydrogen-bond donors (Lipinski definition) is 2. The highest BCUT2D eigenvalue weighted by molar-refractivity contribution is 9.11. The average molecular weight is 362 g/mol. The maximum atomic E-state index is 9.77. The van der Waals surface area contributed by atoms with Gasteiger partial charge in [-0.15, -0.1) is 10.2 Å². The van der Waals surface area contributed by atoms with Crippen molar-refractivity contribution in [1.29, 1.82) is 0 Å². The van der Waals surface area contributed by atoms with Crippen molar-refractivity contribution < 1.29 is 10.2 Å². The summed E-state index contributed by atoms with van der Waals surface area (Å²) >= 11 is 6.24. The first-order chi connectivity index (χ1) is 8.09. The van der Waals surface area contributed by atoms with Crippen LogP contribution in [0.1, 0.15) is 5.56 Å². The molecule has 0 bridgehead atoms. The molecule has 2 N–H and O–H groups in total. The van der Waals surface area contributed by atoms with E-state index in [1.807, 2.05) is 0 Å². The smallest absolute Gasteiger partial charge is 0.147 e. The molecule has 0 aliphatic rings. The third-order valence-corrected chi connectivity index (χ3v) is 3.29. The maximum Gasteiger partial charge on any atom is 0.147 e. The van der Waals surface area contributed by atoms with Crippen LogP contribution in [0.2, 0.25) is 0 Å². The predicted molar refractivity (Wildman–Crippen MR) is 68.2 cm³/mol. The molecule has 0 amide bonds. The SMILES string of the molecule is Oc1c(Br)cc(/C=N/n2cnnc2)c(O)c1Br. The lowest BCUT2D eigenvalue weighted by atomic mass is 10.2. The Hall–Kier alpha value is -1.41. The topological polar surface area (TPSA) is 83.5 Å². The molecule has 0 aliphatic heterocycles. The molecule has 0 radical (unpaired) electrons. The first-order valence-electron chi connectivity index (χ1n) is 4.38. The molecule has 2 aromatic rings. The molecule has 0 unspecified atom stereocenters. The quantitative estimate of drug-likeness (QED) is 0.802. The zero-order valence-corrected chi connectivity index (χ0v) is 11.4. The van der Waals surface area contributed by atoms with Gasteiger partial charge in [0.25, 0.3) is 0 Å². The molecule has 0 saturated heterocycles. The molecule has 8 heteroatoms. The molecular weight excluding hydrogens is 356 g/mol. The summed E-state index contributed by atoms with van der Waals surface area (Å²) in [4.78, 5) is 0.